The van der Waals surface area contributed by atoms with Gasteiger partial charge in [0.05, 0.1) is 12.7 Å². The molecule has 1 saturated heterocycles. The molecule has 2 aromatic rings. The Morgan fingerprint density at radius 1 is 1.13 bits per heavy atom. The van der Waals surface area contributed by atoms with Gasteiger partial charge in [0, 0.05) is 32.5 Å². The Kier molecular flexibility index (Phi) is 7.54. The van der Waals surface area contributed by atoms with E-state index in [9.17, 15) is 4.79 Å². The molecular weight excluding hydrogens is 374 g/mol. The molecule has 2 atom stereocenters. The zero-order valence-corrected chi connectivity index (χ0v) is 18.8. The van der Waals surface area contributed by atoms with Crippen molar-refractivity contribution in [2.45, 2.75) is 51.6 Å². The summed E-state index contributed by atoms with van der Waals surface area (Å²) in [5.74, 6) is 1.75. The van der Waals surface area contributed by atoms with Crippen LogP contribution in [0.2, 0.25) is 0 Å². The van der Waals surface area contributed by atoms with Crippen molar-refractivity contribution < 1.29 is 14.3 Å². The van der Waals surface area contributed by atoms with Gasteiger partial charge in [-0.25, -0.2) is 0 Å². The number of amides is 1. The second kappa shape index (κ2) is 10.1. The summed E-state index contributed by atoms with van der Waals surface area (Å²) < 4.78 is 11.2. The Balaban J connectivity index is 1.73. The van der Waals surface area contributed by atoms with E-state index in [-0.39, 0.29) is 17.4 Å². The number of carbonyl (C=O) groups excluding carboxylic acids is 1. The summed E-state index contributed by atoms with van der Waals surface area (Å²) in [6, 6.07) is 18.9. The van der Waals surface area contributed by atoms with Gasteiger partial charge in [0.2, 0.25) is 5.91 Å². The van der Waals surface area contributed by atoms with Crippen molar-refractivity contribution in [3.63, 3.8) is 0 Å². The molecule has 4 heteroatoms. The van der Waals surface area contributed by atoms with Gasteiger partial charge in [0.15, 0.2) is 0 Å². The van der Waals surface area contributed by atoms with Crippen LogP contribution in [-0.2, 0) is 9.53 Å². The van der Waals surface area contributed by atoms with Gasteiger partial charge >= 0.3 is 0 Å². The molecule has 0 aromatic heterocycles. The monoisotopic (exact) mass is 409 g/mol. The highest BCUT2D eigenvalue weighted by Gasteiger charge is 2.30. The van der Waals surface area contributed by atoms with Crippen molar-refractivity contribution in [2.75, 3.05) is 26.8 Å². The molecule has 0 N–H and O–H groups in total. The molecule has 0 spiro atoms. The third-order valence-electron chi connectivity index (χ3n) is 6.13. The SMILES string of the molecule is COc1ccc([C@H](CCN(C[C@@H]2CCOC(C)(C)C2)C(C)=O)c2ccccc2)cc1. The van der Waals surface area contributed by atoms with Crippen molar-refractivity contribution in [3.8, 4) is 5.75 Å². The van der Waals surface area contributed by atoms with E-state index in [0.717, 1.165) is 44.7 Å². The lowest BCUT2D eigenvalue weighted by molar-refractivity contribution is -0.131. The maximum Gasteiger partial charge on any atom is 0.219 e. The normalized spacial score (nSPS) is 19.1. The van der Waals surface area contributed by atoms with E-state index >= 15 is 0 Å². The van der Waals surface area contributed by atoms with Crippen LogP contribution in [0.15, 0.2) is 54.6 Å². The van der Waals surface area contributed by atoms with Crippen molar-refractivity contribution in [1.29, 1.82) is 0 Å². The Morgan fingerprint density at radius 3 is 2.40 bits per heavy atom. The Bertz CT molecular complexity index is 801. The summed E-state index contributed by atoms with van der Waals surface area (Å²) in [5.41, 5.74) is 2.43. The van der Waals surface area contributed by atoms with Gasteiger partial charge in [-0.2, -0.15) is 0 Å². The molecule has 1 amide bonds. The van der Waals surface area contributed by atoms with Crippen LogP contribution in [0.5, 0.6) is 5.75 Å². The van der Waals surface area contributed by atoms with Gasteiger partial charge in [-0.1, -0.05) is 42.5 Å². The summed E-state index contributed by atoms with van der Waals surface area (Å²) in [6.07, 6.45) is 2.91. The lowest BCUT2D eigenvalue weighted by atomic mass is 9.87. The van der Waals surface area contributed by atoms with E-state index in [0.29, 0.717) is 5.92 Å². The molecule has 30 heavy (non-hydrogen) atoms. The first kappa shape index (κ1) is 22.4. The lowest BCUT2D eigenvalue weighted by Crippen LogP contribution is -2.41. The quantitative estimate of drug-likeness (QED) is 0.596. The highest BCUT2D eigenvalue weighted by Crippen LogP contribution is 2.31. The second-order valence-electron chi connectivity index (χ2n) is 8.96. The first-order valence-electron chi connectivity index (χ1n) is 11.0. The van der Waals surface area contributed by atoms with E-state index < -0.39 is 0 Å². The van der Waals surface area contributed by atoms with Crippen LogP contribution in [0.25, 0.3) is 0 Å². The van der Waals surface area contributed by atoms with Crippen LogP contribution in [-0.4, -0.2) is 43.2 Å². The number of rotatable bonds is 8. The molecule has 1 aliphatic rings. The second-order valence-corrected chi connectivity index (χ2v) is 8.96. The van der Waals surface area contributed by atoms with E-state index in [1.54, 1.807) is 14.0 Å². The van der Waals surface area contributed by atoms with Crippen LogP contribution < -0.4 is 4.74 Å². The minimum Gasteiger partial charge on any atom is -0.497 e. The molecular formula is C26H35NO3. The van der Waals surface area contributed by atoms with Crippen LogP contribution in [0.4, 0.5) is 0 Å². The topological polar surface area (TPSA) is 38.8 Å². The number of hydrogen-bond acceptors (Lipinski definition) is 3. The number of ether oxygens (including phenoxy) is 2. The molecule has 0 bridgehead atoms. The summed E-state index contributed by atoms with van der Waals surface area (Å²) >= 11 is 0. The lowest BCUT2D eigenvalue weighted by Gasteiger charge is -2.38. The minimum absolute atomic E-state index is 0.0962. The van der Waals surface area contributed by atoms with E-state index in [2.05, 4.69) is 50.2 Å². The van der Waals surface area contributed by atoms with E-state index in [1.165, 1.54) is 11.1 Å². The molecule has 0 aliphatic carbocycles. The average molecular weight is 410 g/mol. The average Bonchev–Trinajstić information content (AvgIpc) is 2.73. The fraction of sp³-hybridized carbons (Fsp3) is 0.500. The molecule has 162 valence electrons. The molecule has 1 fully saturated rings. The third-order valence-corrected chi connectivity index (χ3v) is 6.13. The summed E-state index contributed by atoms with van der Waals surface area (Å²) in [4.78, 5) is 14.5. The zero-order valence-electron chi connectivity index (χ0n) is 18.8. The first-order chi connectivity index (χ1) is 14.4. The van der Waals surface area contributed by atoms with Crippen molar-refractivity contribution >= 4 is 5.91 Å². The minimum atomic E-state index is -0.0962. The Labute approximate surface area is 181 Å². The Hall–Kier alpha value is -2.33. The van der Waals surface area contributed by atoms with E-state index in [4.69, 9.17) is 9.47 Å². The number of benzene rings is 2. The van der Waals surface area contributed by atoms with Crippen LogP contribution in [0.1, 0.15) is 57.1 Å². The van der Waals surface area contributed by atoms with Gasteiger partial charge in [-0.15, -0.1) is 0 Å². The fourth-order valence-electron chi connectivity index (χ4n) is 4.54. The maximum atomic E-state index is 12.4. The molecule has 0 radical (unpaired) electrons. The summed E-state index contributed by atoms with van der Waals surface area (Å²) in [5, 5.41) is 0. The van der Waals surface area contributed by atoms with Crippen molar-refractivity contribution in [3.05, 3.63) is 65.7 Å². The molecule has 1 aliphatic heterocycles. The largest absolute Gasteiger partial charge is 0.497 e. The maximum absolute atomic E-state index is 12.4. The van der Waals surface area contributed by atoms with Crippen LogP contribution in [0, 0.1) is 5.92 Å². The highest BCUT2D eigenvalue weighted by molar-refractivity contribution is 5.73. The van der Waals surface area contributed by atoms with Crippen LogP contribution in [0.3, 0.4) is 0 Å². The standard InChI is InChI=1S/C26H35NO3/c1-20(28)27(19-21-15-17-30-26(2,3)18-21)16-14-25(22-8-6-5-7-9-22)23-10-12-24(29-4)13-11-23/h5-13,21,25H,14-19H2,1-4H3/t21-,25-/m1/s1. The molecule has 4 nitrogen and oxygen atoms in total. The zero-order chi connectivity index (χ0) is 21.6. The third kappa shape index (κ3) is 6.09. The molecule has 0 saturated carbocycles. The summed E-state index contributed by atoms with van der Waals surface area (Å²) in [7, 11) is 1.69. The highest BCUT2D eigenvalue weighted by atomic mass is 16.5. The smallest absolute Gasteiger partial charge is 0.219 e. The van der Waals surface area contributed by atoms with Gasteiger partial charge in [0.25, 0.3) is 0 Å². The number of nitrogens with zero attached hydrogens (tertiary/aromatic N) is 1. The predicted molar refractivity (Wildman–Crippen MR) is 121 cm³/mol. The first-order valence-corrected chi connectivity index (χ1v) is 11.0. The van der Waals surface area contributed by atoms with Gasteiger partial charge in [0.1, 0.15) is 5.75 Å². The summed E-state index contributed by atoms with van der Waals surface area (Å²) in [6.45, 7) is 8.32. The predicted octanol–water partition coefficient (Wildman–Crippen LogP) is 5.27. The van der Waals surface area contributed by atoms with Gasteiger partial charge in [-0.3, -0.25) is 4.79 Å². The van der Waals surface area contributed by atoms with Crippen LogP contribution >= 0.6 is 0 Å². The van der Waals surface area contributed by atoms with E-state index in [1.807, 2.05) is 23.1 Å². The molecule has 0 unspecified atom stereocenters. The van der Waals surface area contributed by atoms with Gasteiger partial charge < -0.3 is 14.4 Å². The number of hydrogen-bond donors (Lipinski definition) is 0. The molecule has 1 heterocycles. The van der Waals surface area contributed by atoms with Crippen molar-refractivity contribution in [2.24, 2.45) is 5.92 Å². The van der Waals surface area contributed by atoms with Crippen molar-refractivity contribution in [1.82, 2.24) is 4.90 Å². The molecule has 3 rings (SSSR count). The number of carbonyl (C=O) groups is 1. The number of methoxy groups -OCH3 is 1. The van der Waals surface area contributed by atoms with Gasteiger partial charge in [-0.05, 0) is 62.3 Å². The fourth-order valence-corrected chi connectivity index (χ4v) is 4.54. The Morgan fingerprint density at radius 2 is 1.80 bits per heavy atom. The molecule has 2 aromatic carbocycles.